The maximum Gasteiger partial charge on any atom is 0.130 e. The lowest BCUT2D eigenvalue weighted by Gasteiger charge is -2.41. The van der Waals surface area contributed by atoms with Crippen molar-refractivity contribution in [3.8, 4) is 6.07 Å². The first-order chi connectivity index (χ1) is 14.6. The zero-order valence-corrected chi connectivity index (χ0v) is 17.9. The molecule has 0 spiro atoms. The highest BCUT2D eigenvalue weighted by molar-refractivity contribution is 5.37. The molecule has 1 atom stereocenters. The fourth-order valence-corrected chi connectivity index (χ4v) is 4.73. The molecule has 0 radical (unpaired) electrons. The summed E-state index contributed by atoms with van der Waals surface area (Å²) in [7, 11) is 0. The summed E-state index contributed by atoms with van der Waals surface area (Å²) in [6, 6.07) is 16.8. The summed E-state index contributed by atoms with van der Waals surface area (Å²) in [5.41, 5.74) is 0.238. The number of benzene rings is 2. The first-order valence-corrected chi connectivity index (χ1v) is 11.2. The van der Waals surface area contributed by atoms with Crippen LogP contribution in [-0.4, -0.2) is 24.5 Å². The van der Waals surface area contributed by atoms with Gasteiger partial charge in [0.1, 0.15) is 11.6 Å². The van der Waals surface area contributed by atoms with Gasteiger partial charge < -0.3 is 4.90 Å². The lowest BCUT2D eigenvalue weighted by Crippen LogP contribution is -2.40. The van der Waals surface area contributed by atoms with E-state index in [0.717, 1.165) is 58.2 Å². The molecule has 0 bridgehead atoms. The highest BCUT2D eigenvalue weighted by atomic mass is 19.1. The maximum atomic E-state index is 14.7. The standard InChI is InChI=1S/C26H32F2N2/c1-2-17-30(19-15-21-9-4-3-5-10-21)18-8-16-26(20-29,22-11-6-12-22)25-23(27)13-7-14-24(25)28/h3-5,7,9-10,13-14,22H,2,6,8,11-12,15-19H2,1H3. The molecule has 0 aromatic heterocycles. The van der Waals surface area contributed by atoms with Gasteiger partial charge in [-0.3, -0.25) is 0 Å². The van der Waals surface area contributed by atoms with E-state index in [0.29, 0.717) is 6.42 Å². The Bertz CT molecular complexity index is 822. The zero-order valence-electron chi connectivity index (χ0n) is 17.9. The molecule has 0 amide bonds. The van der Waals surface area contributed by atoms with Crippen molar-refractivity contribution in [2.75, 3.05) is 19.6 Å². The molecule has 0 heterocycles. The summed E-state index contributed by atoms with van der Waals surface area (Å²) < 4.78 is 29.3. The van der Waals surface area contributed by atoms with Crippen LogP contribution in [0.1, 0.15) is 56.6 Å². The molecule has 0 saturated heterocycles. The molecule has 160 valence electrons. The zero-order chi connectivity index (χ0) is 21.4. The molecule has 1 fully saturated rings. The molecule has 1 aliphatic rings. The topological polar surface area (TPSA) is 27.0 Å². The van der Waals surface area contributed by atoms with Crippen LogP contribution >= 0.6 is 0 Å². The predicted octanol–water partition coefficient (Wildman–Crippen LogP) is 6.26. The molecule has 0 aliphatic heterocycles. The van der Waals surface area contributed by atoms with Gasteiger partial charge in [0.15, 0.2) is 0 Å². The average molecular weight is 411 g/mol. The number of halogens is 2. The third kappa shape index (κ3) is 5.08. The Morgan fingerprint density at radius 1 is 1.00 bits per heavy atom. The van der Waals surface area contributed by atoms with Gasteiger partial charge in [-0.2, -0.15) is 5.26 Å². The van der Waals surface area contributed by atoms with E-state index in [1.165, 1.54) is 23.8 Å². The Morgan fingerprint density at radius 3 is 2.27 bits per heavy atom. The molecular formula is C26H32F2N2. The van der Waals surface area contributed by atoms with Crippen molar-refractivity contribution < 1.29 is 8.78 Å². The van der Waals surface area contributed by atoms with E-state index in [-0.39, 0.29) is 11.5 Å². The summed E-state index contributed by atoms with van der Waals surface area (Å²) in [5, 5.41) is 10.1. The number of hydrogen-bond donors (Lipinski definition) is 0. The van der Waals surface area contributed by atoms with Crippen LogP contribution in [0.25, 0.3) is 0 Å². The minimum absolute atomic E-state index is 0.0106. The van der Waals surface area contributed by atoms with Crippen LogP contribution in [0, 0.1) is 28.9 Å². The lowest BCUT2D eigenvalue weighted by atomic mass is 9.60. The van der Waals surface area contributed by atoms with E-state index in [2.05, 4.69) is 42.2 Å². The van der Waals surface area contributed by atoms with Crippen LogP contribution in [0.3, 0.4) is 0 Å². The van der Waals surface area contributed by atoms with Crippen molar-refractivity contribution in [2.45, 2.75) is 57.3 Å². The van der Waals surface area contributed by atoms with Crippen LogP contribution < -0.4 is 0 Å². The van der Waals surface area contributed by atoms with Crippen LogP contribution in [0.5, 0.6) is 0 Å². The van der Waals surface area contributed by atoms with Gasteiger partial charge in [0.2, 0.25) is 0 Å². The van der Waals surface area contributed by atoms with Crippen LogP contribution in [0.4, 0.5) is 8.78 Å². The maximum absolute atomic E-state index is 14.7. The van der Waals surface area contributed by atoms with E-state index in [1.807, 2.05) is 6.07 Å². The molecule has 1 aliphatic carbocycles. The smallest absolute Gasteiger partial charge is 0.130 e. The minimum Gasteiger partial charge on any atom is -0.303 e. The summed E-state index contributed by atoms with van der Waals surface area (Å²) in [6.07, 6.45) is 6.06. The monoisotopic (exact) mass is 410 g/mol. The van der Waals surface area contributed by atoms with Gasteiger partial charge in [-0.1, -0.05) is 49.7 Å². The molecule has 30 heavy (non-hydrogen) atoms. The van der Waals surface area contributed by atoms with Crippen molar-refractivity contribution in [2.24, 2.45) is 5.92 Å². The third-order valence-electron chi connectivity index (χ3n) is 6.56. The van der Waals surface area contributed by atoms with Gasteiger partial charge in [0.05, 0.1) is 11.5 Å². The van der Waals surface area contributed by atoms with E-state index in [4.69, 9.17) is 0 Å². The second-order valence-electron chi connectivity index (χ2n) is 8.49. The Morgan fingerprint density at radius 2 is 1.70 bits per heavy atom. The summed E-state index contributed by atoms with van der Waals surface area (Å²) >= 11 is 0. The van der Waals surface area contributed by atoms with E-state index in [9.17, 15) is 14.0 Å². The average Bonchev–Trinajstić information content (AvgIpc) is 2.71. The molecule has 1 saturated carbocycles. The summed E-state index contributed by atoms with van der Waals surface area (Å²) in [6.45, 7) is 4.95. The van der Waals surface area contributed by atoms with Crippen LogP contribution in [0.2, 0.25) is 0 Å². The Kier molecular flexibility index (Phi) is 7.99. The van der Waals surface area contributed by atoms with Crippen molar-refractivity contribution in [3.63, 3.8) is 0 Å². The molecule has 3 rings (SSSR count). The van der Waals surface area contributed by atoms with Gasteiger partial charge in [-0.15, -0.1) is 0 Å². The molecule has 1 unspecified atom stereocenters. The fourth-order valence-electron chi connectivity index (χ4n) is 4.73. The first kappa shape index (κ1) is 22.4. The van der Waals surface area contributed by atoms with E-state index < -0.39 is 17.0 Å². The minimum atomic E-state index is -1.06. The van der Waals surface area contributed by atoms with Crippen molar-refractivity contribution in [3.05, 3.63) is 71.3 Å². The highest BCUT2D eigenvalue weighted by Gasteiger charge is 2.46. The van der Waals surface area contributed by atoms with Gasteiger partial charge in [0, 0.05) is 12.1 Å². The molecule has 2 nitrogen and oxygen atoms in total. The second kappa shape index (κ2) is 10.7. The third-order valence-corrected chi connectivity index (χ3v) is 6.56. The van der Waals surface area contributed by atoms with Crippen LogP contribution in [0.15, 0.2) is 48.5 Å². The van der Waals surface area contributed by atoms with Gasteiger partial charge in [0.25, 0.3) is 0 Å². The van der Waals surface area contributed by atoms with Crippen LogP contribution in [-0.2, 0) is 11.8 Å². The SMILES string of the molecule is CCCN(CCCC(C#N)(c1c(F)cccc1F)C1CCC1)CCc1ccccc1. The van der Waals surface area contributed by atoms with Crippen molar-refractivity contribution in [1.82, 2.24) is 4.90 Å². The fraction of sp³-hybridized carbons (Fsp3) is 0.500. The quantitative estimate of drug-likeness (QED) is 0.437. The van der Waals surface area contributed by atoms with Gasteiger partial charge >= 0.3 is 0 Å². The summed E-state index contributed by atoms with van der Waals surface area (Å²) in [4.78, 5) is 2.41. The van der Waals surface area contributed by atoms with Crippen molar-refractivity contribution >= 4 is 0 Å². The number of nitrogens with zero attached hydrogens (tertiary/aromatic N) is 2. The predicted molar refractivity (Wildman–Crippen MR) is 117 cm³/mol. The largest absolute Gasteiger partial charge is 0.303 e. The second-order valence-corrected chi connectivity index (χ2v) is 8.49. The van der Waals surface area contributed by atoms with Crippen molar-refractivity contribution in [1.29, 1.82) is 5.26 Å². The Hall–Kier alpha value is -2.25. The molecule has 2 aromatic rings. The molecular weight excluding hydrogens is 378 g/mol. The number of nitriles is 1. The first-order valence-electron chi connectivity index (χ1n) is 11.2. The highest BCUT2D eigenvalue weighted by Crippen LogP contribution is 2.48. The Labute approximate surface area is 179 Å². The normalized spacial score (nSPS) is 16.1. The van der Waals surface area contributed by atoms with E-state index >= 15 is 0 Å². The number of rotatable bonds is 11. The summed E-state index contributed by atoms with van der Waals surface area (Å²) in [5.74, 6) is -1.13. The molecule has 0 N–H and O–H groups in total. The molecule has 4 heteroatoms. The lowest BCUT2D eigenvalue weighted by molar-refractivity contribution is 0.177. The molecule has 2 aromatic carbocycles. The van der Waals surface area contributed by atoms with E-state index in [1.54, 1.807) is 0 Å². The Balaban J connectivity index is 1.69. The van der Waals surface area contributed by atoms with Gasteiger partial charge in [-0.05, 0) is 75.2 Å². The van der Waals surface area contributed by atoms with Gasteiger partial charge in [-0.25, -0.2) is 8.78 Å². The number of hydrogen-bond acceptors (Lipinski definition) is 2.